The van der Waals surface area contributed by atoms with Crippen molar-refractivity contribution in [1.29, 1.82) is 0 Å². The van der Waals surface area contributed by atoms with E-state index in [9.17, 15) is 9.59 Å². The normalized spacial score (nSPS) is 15.0. The average Bonchev–Trinajstić information content (AvgIpc) is 3.81. The van der Waals surface area contributed by atoms with Crippen LogP contribution in [0.4, 0.5) is 9.59 Å². The molecule has 1 fully saturated rings. The number of nitrogens with one attached hydrogen (secondary N) is 2. The minimum atomic E-state index is -0.551. The summed E-state index contributed by atoms with van der Waals surface area (Å²) in [5, 5.41) is 0. The molecule has 2 aromatic heterocycles. The van der Waals surface area contributed by atoms with Gasteiger partial charge in [-0.05, 0) is 83.1 Å². The van der Waals surface area contributed by atoms with Gasteiger partial charge in [0.1, 0.15) is 22.9 Å². The summed E-state index contributed by atoms with van der Waals surface area (Å²) in [5.41, 5.74) is 4.86. The number of carbonyl (C=O) groups is 2. The number of likely N-dealkylation sites (tertiary alicyclic amines) is 1. The Morgan fingerprint density at radius 1 is 0.837 bits per heavy atom. The standard InChI is InChI=1S/C38H50N6O5/c1-8-19-43(35(45)48-37(2,3)4)23-33-39-21-30(41-33)28-15-11-26(12-16-28)24-47-25-27-13-17-29(18-14-27)31-22-40-34(42-31)32-10-9-20-44(32)36(46)49-38(5,6)7/h11-18,21-22,32H,8-10,19-20,23-25H2,1-7H3,(H,39,41)(H,40,42). The number of imidazole rings is 2. The third kappa shape index (κ3) is 9.95. The molecule has 1 aliphatic rings. The molecule has 0 saturated carbocycles. The zero-order valence-electron chi connectivity index (χ0n) is 29.8. The Hall–Kier alpha value is -4.64. The second-order valence-corrected chi connectivity index (χ2v) is 14.5. The van der Waals surface area contributed by atoms with E-state index in [-0.39, 0.29) is 18.2 Å². The number of ether oxygens (including phenoxy) is 3. The van der Waals surface area contributed by atoms with Crippen LogP contribution in [0, 0.1) is 0 Å². The molecule has 11 heteroatoms. The molecule has 0 radical (unpaired) electrons. The molecular formula is C38H50N6O5. The highest BCUT2D eigenvalue weighted by molar-refractivity contribution is 5.69. The zero-order valence-corrected chi connectivity index (χ0v) is 29.8. The molecule has 2 amide bonds. The molecule has 1 atom stereocenters. The van der Waals surface area contributed by atoms with Crippen LogP contribution in [-0.4, -0.2) is 66.2 Å². The summed E-state index contributed by atoms with van der Waals surface area (Å²) in [6, 6.07) is 16.3. The van der Waals surface area contributed by atoms with Crippen molar-refractivity contribution < 1.29 is 23.8 Å². The third-order valence-corrected chi connectivity index (χ3v) is 7.97. The zero-order chi connectivity index (χ0) is 35.2. The highest BCUT2D eigenvalue weighted by Crippen LogP contribution is 2.33. The van der Waals surface area contributed by atoms with Gasteiger partial charge in [0.05, 0.1) is 49.6 Å². The quantitative estimate of drug-likeness (QED) is 0.164. The van der Waals surface area contributed by atoms with E-state index in [0.717, 1.165) is 58.7 Å². The summed E-state index contributed by atoms with van der Waals surface area (Å²) in [4.78, 5) is 44.7. The number of carbonyl (C=O) groups excluding carboxylic acids is 2. The Morgan fingerprint density at radius 2 is 1.41 bits per heavy atom. The predicted octanol–water partition coefficient (Wildman–Crippen LogP) is 8.40. The molecule has 5 rings (SSSR count). The molecule has 0 spiro atoms. The first-order valence-corrected chi connectivity index (χ1v) is 17.1. The first-order chi connectivity index (χ1) is 23.3. The summed E-state index contributed by atoms with van der Waals surface area (Å²) < 4.78 is 17.2. The van der Waals surface area contributed by atoms with Crippen LogP contribution in [0.25, 0.3) is 22.5 Å². The van der Waals surface area contributed by atoms with Gasteiger partial charge in [0.2, 0.25) is 0 Å². The van der Waals surface area contributed by atoms with Crippen LogP contribution in [0.2, 0.25) is 0 Å². The lowest BCUT2D eigenvalue weighted by Crippen LogP contribution is -2.37. The molecule has 4 aromatic rings. The fraction of sp³-hybridized carbons (Fsp3) is 0.474. The second-order valence-electron chi connectivity index (χ2n) is 14.5. The number of aromatic nitrogens is 4. The molecule has 0 aliphatic carbocycles. The van der Waals surface area contributed by atoms with Crippen LogP contribution in [0.1, 0.15) is 96.5 Å². The lowest BCUT2D eigenvalue weighted by molar-refractivity contribution is 0.0212. The fourth-order valence-electron chi connectivity index (χ4n) is 5.69. The van der Waals surface area contributed by atoms with Gasteiger partial charge in [-0.2, -0.15) is 0 Å². The molecule has 1 saturated heterocycles. The molecule has 1 aliphatic heterocycles. The van der Waals surface area contributed by atoms with Crippen molar-refractivity contribution in [2.24, 2.45) is 0 Å². The van der Waals surface area contributed by atoms with Crippen molar-refractivity contribution in [1.82, 2.24) is 29.7 Å². The number of benzene rings is 2. The number of amides is 2. The van der Waals surface area contributed by atoms with Crippen LogP contribution in [0.3, 0.4) is 0 Å². The van der Waals surface area contributed by atoms with Gasteiger partial charge >= 0.3 is 12.2 Å². The van der Waals surface area contributed by atoms with E-state index in [0.29, 0.717) is 38.7 Å². The van der Waals surface area contributed by atoms with E-state index in [2.05, 4.69) is 44.2 Å². The highest BCUT2D eigenvalue weighted by Gasteiger charge is 2.35. The van der Waals surface area contributed by atoms with Gasteiger partial charge < -0.3 is 29.1 Å². The number of rotatable bonds is 11. The minimum absolute atomic E-state index is 0.116. The summed E-state index contributed by atoms with van der Waals surface area (Å²) in [6.45, 7) is 15.9. The number of H-pyrrole nitrogens is 2. The highest BCUT2D eigenvalue weighted by atomic mass is 16.6. The van der Waals surface area contributed by atoms with E-state index in [1.54, 1.807) is 16.0 Å². The van der Waals surface area contributed by atoms with E-state index < -0.39 is 11.2 Å². The third-order valence-electron chi connectivity index (χ3n) is 7.97. The van der Waals surface area contributed by atoms with Gasteiger partial charge in [-0.3, -0.25) is 4.90 Å². The van der Waals surface area contributed by atoms with Gasteiger partial charge in [0.15, 0.2) is 0 Å². The Kier molecular flexibility index (Phi) is 11.1. The molecule has 2 aromatic carbocycles. The first kappa shape index (κ1) is 35.7. The SMILES string of the molecule is CCCN(Cc1ncc(-c2ccc(COCc3ccc(-c4cnc(C5CCCN5C(=O)OC(C)(C)C)[nH]4)cc3)cc2)[nH]1)C(=O)OC(C)(C)C. The summed E-state index contributed by atoms with van der Waals surface area (Å²) in [5.74, 6) is 1.49. The van der Waals surface area contributed by atoms with Crippen molar-refractivity contribution in [2.45, 2.75) is 105 Å². The van der Waals surface area contributed by atoms with Crippen molar-refractivity contribution in [3.63, 3.8) is 0 Å². The van der Waals surface area contributed by atoms with Gasteiger partial charge in [-0.25, -0.2) is 19.6 Å². The smallest absolute Gasteiger partial charge is 0.410 e. The van der Waals surface area contributed by atoms with Crippen LogP contribution in [0.15, 0.2) is 60.9 Å². The molecule has 11 nitrogen and oxygen atoms in total. The molecule has 2 N–H and O–H groups in total. The molecule has 3 heterocycles. The molecule has 262 valence electrons. The van der Waals surface area contributed by atoms with Crippen LogP contribution < -0.4 is 0 Å². The van der Waals surface area contributed by atoms with Crippen molar-refractivity contribution >= 4 is 12.2 Å². The van der Waals surface area contributed by atoms with Crippen LogP contribution >= 0.6 is 0 Å². The maximum Gasteiger partial charge on any atom is 0.410 e. The van der Waals surface area contributed by atoms with Gasteiger partial charge in [0, 0.05) is 13.1 Å². The number of nitrogens with zero attached hydrogens (tertiary/aromatic N) is 4. The number of aromatic amines is 2. The largest absolute Gasteiger partial charge is 0.444 e. The Bertz CT molecular complexity index is 1680. The average molecular weight is 671 g/mol. The maximum atomic E-state index is 12.7. The van der Waals surface area contributed by atoms with Gasteiger partial charge in [-0.1, -0.05) is 55.5 Å². The summed E-state index contributed by atoms with van der Waals surface area (Å²) in [6.07, 6.45) is 5.57. The Labute approximate surface area is 289 Å². The van der Waals surface area contributed by atoms with Crippen LogP contribution in [0.5, 0.6) is 0 Å². The molecular weight excluding hydrogens is 620 g/mol. The Morgan fingerprint density at radius 3 is 1.98 bits per heavy atom. The monoisotopic (exact) mass is 670 g/mol. The van der Waals surface area contributed by atoms with Gasteiger partial charge in [-0.15, -0.1) is 0 Å². The second kappa shape index (κ2) is 15.3. The van der Waals surface area contributed by atoms with Crippen molar-refractivity contribution in [3.05, 3.63) is 83.7 Å². The van der Waals surface area contributed by atoms with E-state index in [1.807, 2.05) is 78.9 Å². The van der Waals surface area contributed by atoms with E-state index in [4.69, 9.17) is 14.2 Å². The van der Waals surface area contributed by atoms with Crippen molar-refractivity contribution in [2.75, 3.05) is 13.1 Å². The molecule has 1 unspecified atom stereocenters. The van der Waals surface area contributed by atoms with E-state index in [1.165, 1.54) is 0 Å². The maximum absolute atomic E-state index is 12.7. The van der Waals surface area contributed by atoms with E-state index >= 15 is 0 Å². The minimum Gasteiger partial charge on any atom is -0.444 e. The number of hydrogen-bond acceptors (Lipinski definition) is 7. The predicted molar refractivity (Wildman–Crippen MR) is 188 cm³/mol. The summed E-state index contributed by atoms with van der Waals surface area (Å²) >= 11 is 0. The lowest BCUT2D eigenvalue weighted by Gasteiger charge is -2.27. The fourth-order valence-corrected chi connectivity index (χ4v) is 5.69. The lowest BCUT2D eigenvalue weighted by atomic mass is 10.1. The first-order valence-electron chi connectivity index (χ1n) is 17.1. The molecule has 49 heavy (non-hydrogen) atoms. The number of hydrogen-bond donors (Lipinski definition) is 2. The van der Waals surface area contributed by atoms with Crippen molar-refractivity contribution in [3.8, 4) is 22.5 Å². The Balaban J connectivity index is 1.11. The van der Waals surface area contributed by atoms with Crippen LogP contribution in [-0.2, 0) is 34.0 Å². The van der Waals surface area contributed by atoms with Gasteiger partial charge in [0.25, 0.3) is 0 Å². The topological polar surface area (TPSA) is 126 Å². The summed E-state index contributed by atoms with van der Waals surface area (Å²) in [7, 11) is 0. The molecule has 0 bridgehead atoms.